The Bertz CT molecular complexity index is 1020. The molecule has 6 nitrogen and oxygen atoms in total. The van der Waals surface area contributed by atoms with E-state index in [0.29, 0.717) is 19.3 Å². The van der Waals surface area contributed by atoms with E-state index in [1.807, 2.05) is 0 Å². The van der Waals surface area contributed by atoms with Crippen LogP contribution in [0.1, 0.15) is 271 Å². The molecule has 0 saturated heterocycles. The molecule has 1 atom stereocenters. The predicted molar refractivity (Wildman–Crippen MR) is 256 cm³/mol. The summed E-state index contributed by atoms with van der Waals surface area (Å²) in [5, 5.41) is 0. The van der Waals surface area contributed by atoms with E-state index < -0.39 is 6.10 Å². The Morgan fingerprint density at radius 1 is 0.333 bits per heavy atom. The van der Waals surface area contributed by atoms with Crippen LogP contribution in [0.25, 0.3) is 0 Å². The highest BCUT2D eigenvalue weighted by Crippen LogP contribution is 2.15. The van der Waals surface area contributed by atoms with Gasteiger partial charge in [0.1, 0.15) is 13.2 Å². The van der Waals surface area contributed by atoms with E-state index in [0.717, 1.165) is 83.5 Å². The molecular weight excluding hydrogens is 745 g/mol. The highest BCUT2D eigenvalue weighted by Gasteiger charge is 2.19. The molecule has 0 amide bonds. The van der Waals surface area contributed by atoms with Crippen LogP contribution in [0.4, 0.5) is 0 Å². The molecule has 0 aromatic carbocycles. The topological polar surface area (TPSA) is 78.9 Å². The maximum atomic E-state index is 12.8. The minimum atomic E-state index is -0.777. The molecule has 60 heavy (non-hydrogen) atoms. The van der Waals surface area contributed by atoms with Crippen molar-refractivity contribution in [1.29, 1.82) is 0 Å². The summed E-state index contributed by atoms with van der Waals surface area (Å²) in [7, 11) is 0. The zero-order valence-corrected chi connectivity index (χ0v) is 40.0. The first-order valence-corrected chi connectivity index (χ1v) is 26.0. The molecule has 0 aromatic rings. The average Bonchev–Trinajstić information content (AvgIpc) is 3.24. The highest BCUT2D eigenvalue weighted by molar-refractivity contribution is 5.71. The van der Waals surface area contributed by atoms with Crippen molar-refractivity contribution in [3.63, 3.8) is 0 Å². The van der Waals surface area contributed by atoms with Gasteiger partial charge in [0.15, 0.2) is 6.10 Å². The third kappa shape index (κ3) is 46.7. The summed E-state index contributed by atoms with van der Waals surface area (Å²) in [5.74, 6) is -0.885. The third-order valence-corrected chi connectivity index (χ3v) is 11.4. The molecule has 0 aliphatic rings. The first-order valence-electron chi connectivity index (χ1n) is 26.0. The van der Waals surface area contributed by atoms with Gasteiger partial charge in [-0.3, -0.25) is 14.4 Å². The van der Waals surface area contributed by atoms with Crippen molar-refractivity contribution in [3.8, 4) is 0 Å². The Morgan fingerprint density at radius 3 is 1.00 bits per heavy atom. The lowest BCUT2D eigenvalue weighted by Crippen LogP contribution is -2.30. The van der Waals surface area contributed by atoms with Crippen LogP contribution in [0.2, 0.25) is 0 Å². The van der Waals surface area contributed by atoms with E-state index in [-0.39, 0.29) is 31.1 Å². The second-order valence-electron chi connectivity index (χ2n) is 17.4. The number of unbranched alkanes of at least 4 members (excludes halogenated alkanes) is 30. The molecule has 0 unspecified atom stereocenters. The maximum absolute atomic E-state index is 12.8. The first-order chi connectivity index (χ1) is 29.5. The molecule has 6 heteroatoms. The molecule has 0 radical (unpaired) electrons. The van der Waals surface area contributed by atoms with Gasteiger partial charge in [-0.2, -0.15) is 0 Å². The normalized spacial score (nSPS) is 12.2. The Balaban J connectivity index is 4.38. The number of rotatable bonds is 47. The van der Waals surface area contributed by atoms with Crippen molar-refractivity contribution in [2.75, 3.05) is 13.2 Å². The quantitative estimate of drug-likeness (QED) is 0.0263. The summed E-state index contributed by atoms with van der Waals surface area (Å²) in [6.07, 6.45) is 56.9. The number of allylic oxidation sites excluding steroid dienone is 6. The van der Waals surface area contributed by atoms with Crippen molar-refractivity contribution in [3.05, 3.63) is 36.5 Å². The van der Waals surface area contributed by atoms with Crippen LogP contribution in [-0.2, 0) is 28.6 Å². The average molecular weight is 843 g/mol. The number of ether oxygens (including phenoxy) is 3. The zero-order chi connectivity index (χ0) is 43.7. The number of carbonyl (C=O) groups is 3. The van der Waals surface area contributed by atoms with Gasteiger partial charge in [0.25, 0.3) is 0 Å². The van der Waals surface area contributed by atoms with Gasteiger partial charge in [-0.25, -0.2) is 0 Å². The van der Waals surface area contributed by atoms with Crippen LogP contribution in [0.3, 0.4) is 0 Å². The molecule has 350 valence electrons. The van der Waals surface area contributed by atoms with Crippen LogP contribution < -0.4 is 0 Å². The second kappa shape index (κ2) is 49.3. The molecule has 0 heterocycles. The van der Waals surface area contributed by atoms with E-state index in [1.165, 1.54) is 148 Å². The number of carbonyl (C=O) groups excluding carboxylic acids is 3. The Labute approximate surface area is 372 Å². The fourth-order valence-electron chi connectivity index (χ4n) is 7.39. The zero-order valence-electron chi connectivity index (χ0n) is 40.0. The molecule has 0 rings (SSSR count). The summed E-state index contributed by atoms with van der Waals surface area (Å²) in [4.78, 5) is 37.9. The standard InChI is InChI=1S/C54H98O6/c1-4-7-10-13-16-19-22-25-27-30-32-35-38-41-44-47-53(56)59-50-51(49-58-52(55)46-43-40-37-34-31-28-24-21-18-15-12-9-6-3)60-54(57)48-45-42-39-36-33-29-26-23-20-17-14-11-8-5-2/h14,17,19,22-23,26,51H,4-13,15-16,18,20-21,24-25,27-50H2,1-3H3/b17-14+,22-19+,26-23+/t51-/m1/s1. The van der Waals surface area contributed by atoms with Gasteiger partial charge in [-0.05, 0) is 70.6 Å². The molecule has 0 aliphatic carbocycles. The van der Waals surface area contributed by atoms with E-state index >= 15 is 0 Å². The van der Waals surface area contributed by atoms with Gasteiger partial charge in [0, 0.05) is 19.3 Å². The Kier molecular flexibility index (Phi) is 47.3. The minimum Gasteiger partial charge on any atom is -0.462 e. The van der Waals surface area contributed by atoms with Crippen molar-refractivity contribution in [1.82, 2.24) is 0 Å². The number of esters is 3. The van der Waals surface area contributed by atoms with Crippen molar-refractivity contribution >= 4 is 17.9 Å². The lowest BCUT2D eigenvalue weighted by Gasteiger charge is -2.18. The fraction of sp³-hybridized carbons (Fsp3) is 0.833. The lowest BCUT2D eigenvalue weighted by atomic mass is 10.0. The van der Waals surface area contributed by atoms with Crippen molar-refractivity contribution < 1.29 is 28.6 Å². The summed E-state index contributed by atoms with van der Waals surface area (Å²) in [6.45, 7) is 6.59. The van der Waals surface area contributed by atoms with Gasteiger partial charge in [0.05, 0.1) is 0 Å². The number of hydrogen-bond acceptors (Lipinski definition) is 6. The van der Waals surface area contributed by atoms with Crippen molar-refractivity contribution in [2.24, 2.45) is 0 Å². The molecule has 0 fully saturated rings. The monoisotopic (exact) mass is 843 g/mol. The van der Waals surface area contributed by atoms with Crippen molar-refractivity contribution in [2.45, 2.75) is 277 Å². The van der Waals surface area contributed by atoms with Gasteiger partial charge < -0.3 is 14.2 Å². The van der Waals surface area contributed by atoms with E-state index in [4.69, 9.17) is 14.2 Å². The Hall–Kier alpha value is -2.37. The maximum Gasteiger partial charge on any atom is 0.306 e. The van der Waals surface area contributed by atoms with E-state index in [1.54, 1.807) is 0 Å². The fourth-order valence-corrected chi connectivity index (χ4v) is 7.39. The summed E-state index contributed by atoms with van der Waals surface area (Å²) in [6, 6.07) is 0. The van der Waals surface area contributed by atoms with Crippen LogP contribution in [-0.4, -0.2) is 37.2 Å². The smallest absolute Gasteiger partial charge is 0.306 e. The van der Waals surface area contributed by atoms with Gasteiger partial charge in [-0.1, -0.05) is 218 Å². The summed E-state index contributed by atoms with van der Waals surface area (Å²) in [5.41, 5.74) is 0. The molecular formula is C54H98O6. The van der Waals surface area contributed by atoms with E-state index in [9.17, 15) is 14.4 Å². The van der Waals surface area contributed by atoms with Crippen LogP contribution >= 0.6 is 0 Å². The molecule has 0 N–H and O–H groups in total. The summed E-state index contributed by atoms with van der Waals surface area (Å²) < 4.78 is 16.8. The SMILES string of the molecule is CCCC/C=C/C/C=C/CCCCCCCC(=O)O[C@@H](COC(=O)CCCCCCCCC/C=C/CCCCCC)COC(=O)CCCCCCCCCCCCCCC. The minimum absolute atomic E-state index is 0.0763. The lowest BCUT2D eigenvalue weighted by molar-refractivity contribution is -0.167. The first kappa shape index (κ1) is 57.6. The van der Waals surface area contributed by atoms with Crippen LogP contribution in [0, 0.1) is 0 Å². The van der Waals surface area contributed by atoms with Gasteiger partial charge in [-0.15, -0.1) is 0 Å². The summed E-state index contributed by atoms with van der Waals surface area (Å²) >= 11 is 0. The molecule has 0 aliphatic heterocycles. The van der Waals surface area contributed by atoms with Gasteiger partial charge >= 0.3 is 17.9 Å². The van der Waals surface area contributed by atoms with Gasteiger partial charge in [0.2, 0.25) is 0 Å². The molecule has 0 bridgehead atoms. The number of hydrogen-bond donors (Lipinski definition) is 0. The third-order valence-electron chi connectivity index (χ3n) is 11.4. The molecule has 0 spiro atoms. The Morgan fingerprint density at radius 2 is 0.617 bits per heavy atom. The second-order valence-corrected chi connectivity index (χ2v) is 17.4. The highest BCUT2D eigenvalue weighted by atomic mass is 16.6. The van der Waals surface area contributed by atoms with Crippen LogP contribution in [0.5, 0.6) is 0 Å². The molecule has 0 aromatic heterocycles. The largest absolute Gasteiger partial charge is 0.462 e. The van der Waals surface area contributed by atoms with E-state index in [2.05, 4.69) is 57.2 Å². The predicted octanol–water partition coefficient (Wildman–Crippen LogP) is 16.9. The van der Waals surface area contributed by atoms with Crippen LogP contribution in [0.15, 0.2) is 36.5 Å². The molecule has 0 saturated carbocycles.